The minimum absolute atomic E-state index is 0.188. The van der Waals surface area contributed by atoms with Gasteiger partial charge in [0.05, 0.1) is 13.2 Å². The van der Waals surface area contributed by atoms with E-state index in [1.54, 1.807) is 6.92 Å². The highest BCUT2D eigenvalue weighted by Gasteiger charge is 2.13. The van der Waals surface area contributed by atoms with Crippen LogP contribution >= 0.6 is 0 Å². The summed E-state index contributed by atoms with van der Waals surface area (Å²) >= 11 is 0. The maximum absolute atomic E-state index is 10.8. The maximum Gasteiger partial charge on any atom is 0.339 e. The third-order valence-corrected chi connectivity index (χ3v) is 2.46. The van der Waals surface area contributed by atoms with Crippen LogP contribution in [0.2, 0.25) is 0 Å². The van der Waals surface area contributed by atoms with Crippen LogP contribution in [0.1, 0.15) is 41.6 Å². The smallest absolute Gasteiger partial charge is 0.339 e. The zero-order chi connectivity index (χ0) is 13.4. The van der Waals surface area contributed by atoms with Gasteiger partial charge in [-0.05, 0) is 19.4 Å². The molecule has 0 radical (unpaired) electrons. The summed E-state index contributed by atoms with van der Waals surface area (Å²) in [6.45, 7) is 5.78. The molecule has 18 heavy (non-hydrogen) atoms. The number of unbranched alkanes of at least 4 members (excludes halogenated alkanes) is 1. The van der Waals surface area contributed by atoms with Crippen molar-refractivity contribution >= 4 is 5.97 Å². The Morgan fingerprint density at radius 2 is 2.06 bits per heavy atom. The maximum atomic E-state index is 10.8. The van der Waals surface area contributed by atoms with Gasteiger partial charge in [-0.3, -0.25) is 0 Å². The van der Waals surface area contributed by atoms with Gasteiger partial charge in [0.1, 0.15) is 23.7 Å². The fraction of sp³-hybridized carbons (Fsp3) is 0.615. The number of carboxylic acid groups (broad SMARTS) is 1. The summed E-state index contributed by atoms with van der Waals surface area (Å²) in [5.74, 6) is -0.0517. The second kappa shape index (κ2) is 7.89. The van der Waals surface area contributed by atoms with E-state index in [0.29, 0.717) is 24.7 Å². The first-order valence-corrected chi connectivity index (χ1v) is 6.13. The van der Waals surface area contributed by atoms with Crippen molar-refractivity contribution in [3.05, 3.63) is 23.2 Å². The predicted octanol–water partition coefficient (Wildman–Crippen LogP) is 2.62. The fourth-order valence-electron chi connectivity index (χ4n) is 1.47. The molecule has 5 nitrogen and oxygen atoms in total. The summed E-state index contributed by atoms with van der Waals surface area (Å²) in [5, 5.41) is 8.85. The molecular weight excluding hydrogens is 236 g/mol. The number of aromatic carboxylic acids is 1. The molecule has 1 aromatic heterocycles. The number of carboxylic acids is 1. The van der Waals surface area contributed by atoms with Crippen LogP contribution in [0.15, 0.2) is 10.5 Å². The number of carbonyl (C=O) groups is 1. The number of hydrogen-bond donors (Lipinski definition) is 1. The van der Waals surface area contributed by atoms with Crippen LogP contribution in [0, 0.1) is 6.92 Å². The van der Waals surface area contributed by atoms with Crippen molar-refractivity contribution in [1.82, 2.24) is 0 Å². The molecular formula is C13H20O5. The first-order chi connectivity index (χ1) is 8.65. The fourth-order valence-corrected chi connectivity index (χ4v) is 1.47. The van der Waals surface area contributed by atoms with E-state index in [9.17, 15) is 4.79 Å². The normalized spacial score (nSPS) is 10.8. The molecule has 0 unspecified atom stereocenters. The van der Waals surface area contributed by atoms with E-state index in [1.165, 1.54) is 6.07 Å². The van der Waals surface area contributed by atoms with Crippen LogP contribution in [-0.2, 0) is 16.1 Å². The molecule has 0 amide bonds. The van der Waals surface area contributed by atoms with Gasteiger partial charge in [-0.1, -0.05) is 13.3 Å². The molecule has 1 rings (SSSR count). The van der Waals surface area contributed by atoms with Gasteiger partial charge in [0.25, 0.3) is 0 Å². The number of hydrogen-bond acceptors (Lipinski definition) is 4. The lowest BCUT2D eigenvalue weighted by Gasteiger charge is -2.03. The quantitative estimate of drug-likeness (QED) is 0.688. The lowest BCUT2D eigenvalue weighted by Crippen LogP contribution is -2.05. The van der Waals surface area contributed by atoms with E-state index in [4.69, 9.17) is 19.0 Å². The van der Waals surface area contributed by atoms with E-state index < -0.39 is 5.97 Å². The Balaban J connectivity index is 2.19. The molecule has 0 aliphatic heterocycles. The highest BCUT2D eigenvalue weighted by molar-refractivity contribution is 5.88. The molecule has 0 fully saturated rings. The molecule has 0 aliphatic rings. The second-order valence-electron chi connectivity index (χ2n) is 4.01. The second-order valence-corrected chi connectivity index (χ2v) is 4.01. The first-order valence-electron chi connectivity index (χ1n) is 6.13. The van der Waals surface area contributed by atoms with Crippen LogP contribution in [0.3, 0.4) is 0 Å². The van der Waals surface area contributed by atoms with Crippen LogP contribution in [0.5, 0.6) is 0 Å². The molecule has 0 atom stereocenters. The molecule has 1 N–H and O–H groups in total. The van der Waals surface area contributed by atoms with Crippen molar-refractivity contribution in [3.63, 3.8) is 0 Å². The van der Waals surface area contributed by atoms with Crippen LogP contribution in [0.25, 0.3) is 0 Å². The van der Waals surface area contributed by atoms with E-state index in [2.05, 4.69) is 6.92 Å². The SMILES string of the molecule is CCCCOCCOCc1cc(C(=O)O)c(C)o1. The standard InChI is InChI=1S/C13H20O5/c1-3-4-5-16-6-7-17-9-11-8-12(13(14)15)10(2)18-11/h8H,3-7,9H2,1-2H3,(H,14,15). The molecule has 0 aliphatic carbocycles. The average Bonchev–Trinajstić information content (AvgIpc) is 2.69. The Kier molecular flexibility index (Phi) is 6.46. The van der Waals surface area contributed by atoms with Gasteiger partial charge in [-0.2, -0.15) is 0 Å². The number of furan rings is 1. The monoisotopic (exact) mass is 256 g/mol. The Labute approximate surface area is 107 Å². The lowest BCUT2D eigenvalue weighted by molar-refractivity contribution is 0.0337. The topological polar surface area (TPSA) is 68.9 Å². The van der Waals surface area contributed by atoms with E-state index in [-0.39, 0.29) is 12.2 Å². The molecule has 0 bridgehead atoms. The summed E-state index contributed by atoms with van der Waals surface area (Å²) in [5.41, 5.74) is 0.188. The highest BCUT2D eigenvalue weighted by atomic mass is 16.5. The van der Waals surface area contributed by atoms with Gasteiger partial charge in [-0.15, -0.1) is 0 Å². The summed E-state index contributed by atoms with van der Waals surface area (Å²) < 4.78 is 15.9. The number of rotatable bonds is 9. The van der Waals surface area contributed by atoms with Gasteiger partial charge in [0.2, 0.25) is 0 Å². The summed E-state index contributed by atoms with van der Waals surface area (Å²) in [6, 6.07) is 1.50. The molecule has 102 valence electrons. The third kappa shape index (κ3) is 4.89. The Bertz CT molecular complexity index is 369. The number of ether oxygens (including phenoxy) is 2. The average molecular weight is 256 g/mol. The van der Waals surface area contributed by atoms with Crippen LogP contribution < -0.4 is 0 Å². The molecule has 1 heterocycles. The van der Waals surface area contributed by atoms with E-state index >= 15 is 0 Å². The van der Waals surface area contributed by atoms with Gasteiger partial charge < -0.3 is 19.0 Å². The van der Waals surface area contributed by atoms with Gasteiger partial charge >= 0.3 is 5.97 Å². The zero-order valence-corrected chi connectivity index (χ0v) is 10.9. The molecule has 0 saturated carbocycles. The van der Waals surface area contributed by atoms with Crippen molar-refractivity contribution in [1.29, 1.82) is 0 Å². The molecule has 0 saturated heterocycles. The Morgan fingerprint density at radius 1 is 1.33 bits per heavy atom. The summed E-state index contributed by atoms with van der Waals surface area (Å²) in [7, 11) is 0. The van der Waals surface area contributed by atoms with Crippen molar-refractivity contribution in [3.8, 4) is 0 Å². The third-order valence-electron chi connectivity index (χ3n) is 2.46. The van der Waals surface area contributed by atoms with E-state index in [1.807, 2.05) is 0 Å². The molecule has 5 heteroatoms. The molecule has 1 aromatic rings. The summed E-state index contributed by atoms with van der Waals surface area (Å²) in [6.07, 6.45) is 2.17. The van der Waals surface area contributed by atoms with Crippen molar-refractivity contribution in [2.45, 2.75) is 33.3 Å². The molecule has 0 spiro atoms. The van der Waals surface area contributed by atoms with Gasteiger partial charge in [0, 0.05) is 6.61 Å². The Morgan fingerprint density at radius 3 is 2.67 bits per heavy atom. The highest BCUT2D eigenvalue weighted by Crippen LogP contribution is 2.15. The minimum Gasteiger partial charge on any atom is -0.478 e. The van der Waals surface area contributed by atoms with Crippen LogP contribution in [0.4, 0.5) is 0 Å². The van der Waals surface area contributed by atoms with Crippen LogP contribution in [-0.4, -0.2) is 30.9 Å². The summed E-state index contributed by atoms with van der Waals surface area (Å²) in [4.78, 5) is 10.8. The number of aryl methyl sites for hydroxylation is 1. The predicted molar refractivity (Wildman–Crippen MR) is 65.8 cm³/mol. The first kappa shape index (κ1) is 14.7. The van der Waals surface area contributed by atoms with Gasteiger partial charge in [0.15, 0.2) is 0 Å². The minimum atomic E-state index is -0.981. The molecule has 0 aromatic carbocycles. The van der Waals surface area contributed by atoms with Crippen molar-refractivity contribution < 1.29 is 23.8 Å². The van der Waals surface area contributed by atoms with Gasteiger partial charge in [-0.25, -0.2) is 4.79 Å². The lowest BCUT2D eigenvalue weighted by atomic mass is 10.2. The van der Waals surface area contributed by atoms with Crippen molar-refractivity contribution in [2.75, 3.05) is 19.8 Å². The Hall–Kier alpha value is -1.33. The largest absolute Gasteiger partial charge is 0.478 e. The zero-order valence-electron chi connectivity index (χ0n) is 10.9. The van der Waals surface area contributed by atoms with Crippen molar-refractivity contribution in [2.24, 2.45) is 0 Å². The van der Waals surface area contributed by atoms with E-state index in [0.717, 1.165) is 19.4 Å².